The molecule has 0 spiro atoms. The summed E-state index contributed by atoms with van der Waals surface area (Å²) in [5.74, 6) is -0.388. The molecule has 0 saturated heterocycles. The molecule has 1 aromatic rings. The molecule has 0 atom stereocenters. The smallest absolute Gasteiger partial charge is 0.147 e. The van der Waals surface area contributed by atoms with Crippen LogP contribution in [0.25, 0.3) is 0 Å². The average Bonchev–Trinajstić information content (AvgIpc) is 3.05. The fourth-order valence-electron chi connectivity index (χ4n) is 1.92. The van der Waals surface area contributed by atoms with E-state index in [1.165, 1.54) is 6.07 Å². The zero-order valence-electron chi connectivity index (χ0n) is 9.33. The van der Waals surface area contributed by atoms with Gasteiger partial charge in [-0.2, -0.15) is 0 Å². The zero-order chi connectivity index (χ0) is 11.7. The number of benzene rings is 1. The Morgan fingerprint density at radius 3 is 2.69 bits per heavy atom. The summed E-state index contributed by atoms with van der Waals surface area (Å²) >= 11 is 0. The molecular formula is C12H16FN3. The number of rotatable bonds is 4. The second-order valence-electron chi connectivity index (χ2n) is 4.10. The van der Waals surface area contributed by atoms with E-state index in [-0.39, 0.29) is 11.7 Å². The fourth-order valence-corrected chi connectivity index (χ4v) is 1.92. The van der Waals surface area contributed by atoms with E-state index in [2.05, 4.69) is 4.90 Å². The van der Waals surface area contributed by atoms with Crippen molar-refractivity contribution in [2.75, 3.05) is 11.4 Å². The van der Waals surface area contributed by atoms with Crippen LogP contribution in [0.2, 0.25) is 0 Å². The highest BCUT2D eigenvalue weighted by Crippen LogP contribution is 2.32. The molecule has 2 rings (SSSR count). The van der Waals surface area contributed by atoms with E-state index < -0.39 is 0 Å². The van der Waals surface area contributed by atoms with E-state index in [1.807, 2.05) is 6.92 Å². The normalized spacial score (nSPS) is 14.9. The molecule has 0 amide bonds. The molecule has 1 aromatic carbocycles. The lowest BCUT2D eigenvalue weighted by molar-refractivity contribution is 0.617. The topological polar surface area (TPSA) is 53.1 Å². The predicted molar refractivity (Wildman–Crippen MR) is 63.5 cm³/mol. The van der Waals surface area contributed by atoms with Crippen LogP contribution < -0.4 is 10.6 Å². The van der Waals surface area contributed by atoms with E-state index >= 15 is 0 Å². The van der Waals surface area contributed by atoms with Crippen molar-refractivity contribution in [3.05, 3.63) is 29.6 Å². The highest BCUT2D eigenvalue weighted by atomic mass is 19.1. The summed E-state index contributed by atoms with van der Waals surface area (Å²) in [6, 6.07) is 5.24. The van der Waals surface area contributed by atoms with E-state index in [9.17, 15) is 4.39 Å². The Balaban J connectivity index is 2.30. The Hall–Kier alpha value is -1.58. The average molecular weight is 221 g/mol. The largest absolute Gasteiger partial charge is 0.384 e. The van der Waals surface area contributed by atoms with Crippen LogP contribution in [0.3, 0.4) is 0 Å². The molecule has 16 heavy (non-hydrogen) atoms. The van der Waals surface area contributed by atoms with Gasteiger partial charge in [0.2, 0.25) is 0 Å². The van der Waals surface area contributed by atoms with Gasteiger partial charge in [-0.15, -0.1) is 0 Å². The van der Waals surface area contributed by atoms with Gasteiger partial charge < -0.3 is 10.6 Å². The number of hydrogen-bond acceptors (Lipinski definition) is 2. The van der Waals surface area contributed by atoms with Crippen molar-refractivity contribution in [2.24, 2.45) is 5.73 Å². The summed E-state index contributed by atoms with van der Waals surface area (Å²) < 4.78 is 13.8. The minimum Gasteiger partial charge on any atom is -0.384 e. The van der Waals surface area contributed by atoms with Gasteiger partial charge in [0.05, 0.1) is 5.69 Å². The lowest BCUT2D eigenvalue weighted by Crippen LogP contribution is -2.26. The number of anilines is 1. The Morgan fingerprint density at radius 1 is 1.56 bits per heavy atom. The number of nitrogens with zero attached hydrogens (tertiary/aromatic N) is 1. The lowest BCUT2D eigenvalue weighted by atomic mass is 10.1. The predicted octanol–water partition coefficient (Wildman–Crippen LogP) is 2.10. The molecule has 1 aliphatic carbocycles. The number of amidine groups is 1. The fraction of sp³-hybridized carbons (Fsp3) is 0.417. The summed E-state index contributed by atoms with van der Waals surface area (Å²) in [7, 11) is 0. The first-order valence-corrected chi connectivity index (χ1v) is 5.54. The maximum absolute atomic E-state index is 13.8. The van der Waals surface area contributed by atoms with Crippen LogP contribution in [-0.4, -0.2) is 18.4 Å². The quantitative estimate of drug-likeness (QED) is 0.604. The first kappa shape index (κ1) is 10.9. The van der Waals surface area contributed by atoms with Gasteiger partial charge in [0.15, 0.2) is 0 Å². The van der Waals surface area contributed by atoms with Crippen LogP contribution in [0.4, 0.5) is 10.1 Å². The van der Waals surface area contributed by atoms with Crippen LogP contribution in [0.15, 0.2) is 18.2 Å². The number of hydrogen-bond donors (Lipinski definition) is 2. The first-order valence-electron chi connectivity index (χ1n) is 5.54. The summed E-state index contributed by atoms with van der Waals surface area (Å²) in [6.45, 7) is 2.83. The highest BCUT2D eigenvalue weighted by Gasteiger charge is 2.29. The second kappa shape index (κ2) is 4.12. The molecule has 0 unspecified atom stereocenters. The Bertz CT molecular complexity index is 413. The molecule has 1 aliphatic rings. The van der Waals surface area contributed by atoms with Crippen molar-refractivity contribution < 1.29 is 4.39 Å². The molecule has 86 valence electrons. The minimum absolute atomic E-state index is 0.0973. The van der Waals surface area contributed by atoms with Crippen LogP contribution >= 0.6 is 0 Å². The number of nitrogens with one attached hydrogen (secondary N) is 1. The molecule has 3 N–H and O–H groups in total. The molecular weight excluding hydrogens is 205 g/mol. The minimum atomic E-state index is -0.290. The third kappa shape index (κ3) is 2.01. The van der Waals surface area contributed by atoms with Crippen molar-refractivity contribution in [2.45, 2.75) is 25.8 Å². The molecule has 0 aliphatic heterocycles. The van der Waals surface area contributed by atoms with E-state index in [0.29, 0.717) is 17.3 Å². The third-order valence-corrected chi connectivity index (χ3v) is 2.90. The van der Waals surface area contributed by atoms with Crippen LogP contribution in [0, 0.1) is 11.2 Å². The third-order valence-electron chi connectivity index (χ3n) is 2.90. The van der Waals surface area contributed by atoms with Crippen LogP contribution in [0.1, 0.15) is 25.3 Å². The van der Waals surface area contributed by atoms with Crippen molar-refractivity contribution in [3.8, 4) is 0 Å². The van der Waals surface area contributed by atoms with Crippen molar-refractivity contribution in [1.29, 1.82) is 5.41 Å². The van der Waals surface area contributed by atoms with E-state index in [0.717, 1.165) is 19.4 Å². The molecule has 0 radical (unpaired) electrons. The van der Waals surface area contributed by atoms with Crippen molar-refractivity contribution in [1.82, 2.24) is 0 Å². The number of nitrogens with two attached hydrogens (primary N) is 1. The Morgan fingerprint density at radius 2 is 2.25 bits per heavy atom. The van der Waals surface area contributed by atoms with Crippen LogP contribution in [0.5, 0.6) is 0 Å². The van der Waals surface area contributed by atoms with Gasteiger partial charge in [-0.3, -0.25) is 5.41 Å². The number of nitrogen functional groups attached to an aromatic ring is 1. The van der Waals surface area contributed by atoms with Gasteiger partial charge in [-0.25, -0.2) is 4.39 Å². The van der Waals surface area contributed by atoms with Gasteiger partial charge in [0.1, 0.15) is 11.7 Å². The zero-order valence-corrected chi connectivity index (χ0v) is 9.33. The molecule has 3 nitrogen and oxygen atoms in total. The highest BCUT2D eigenvalue weighted by molar-refractivity contribution is 5.95. The summed E-state index contributed by atoms with van der Waals surface area (Å²) in [6.07, 6.45) is 2.28. The van der Waals surface area contributed by atoms with Gasteiger partial charge in [0.25, 0.3) is 0 Å². The summed E-state index contributed by atoms with van der Waals surface area (Å²) in [4.78, 5) is 2.07. The number of halogens is 1. The summed E-state index contributed by atoms with van der Waals surface area (Å²) in [5.41, 5.74) is 6.37. The van der Waals surface area contributed by atoms with Gasteiger partial charge in [-0.05, 0) is 38.0 Å². The molecule has 1 saturated carbocycles. The summed E-state index contributed by atoms with van der Waals surface area (Å²) in [5, 5.41) is 7.25. The monoisotopic (exact) mass is 221 g/mol. The van der Waals surface area contributed by atoms with Gasteiger partial charge in [-0.1, -0.05) is 0 Å². The van der Waals surface area contributed by atoms with Crippen LogP contribution in [-0.2, 0) is 0 Å². The van der Waals surface area contributed by atoms with E-state index in [4.69, 9.17) is 11.1 Å². The lowest BCUT2D eigenvalue weighted by Gasteiger charge is -2.23. The standard InChI is InChI=1S/C12H16FN3/c1-2-16(9-4-5-9)11-6-3-8(12(14)15)7-10(11)13/h3,6-7,9H,2,4-5H2,1H3,(H3,14,15). The van der Waals surface area contributed by atoms with Gasteiger partial charge >= 0.3 is 0 Å². The van der Waals surface area contributed by atoms with Gasteiger partial charge in [0, 0.05) is 18.2 Å². The Kier molecular flexibility index (Phi) is 2.81. The van der Waals surface area contributed by atoms with Crippen molar-refractivity contribution in [3.63, 3.8) is 0 Å². The molecule has 4 heteroatoms. The Labute approximate surface area is 94.6 Å². The van der Waals surface area contributed by atoms with E-state index in [1.54, 1.807) is 12.1 Å². The maximum atomic E-state index is 13.8. The molecule has 1 fully saturated rings. The maximum Gasteiger partial charge on any atom is 0.147 e. The SMILES string of the molecule is CCN(c1ccc(C(=N)N)cc1F)C1CC1. The van der Waals surface area contributed by atoms with Crippen molar-refractivity contribution >= 4 is 11.5 Å². The molecule has 0 aromatic heterocycles. The molecule has 0 bridgehead atoms. The second-order valence-corrected chi connectivity index (χ2v) is 4.10. The first-order chi connectivity index (χ1) is 7.63. The molecule has 0 heterocycles.